The minimum absolute atomic E-state index is 0.264. The third kappa shape index (κ3) is 3.13. The van der Waals surface area contributed by atoms with Gasteiger partial charge in [-0.25, -0.2) is 0 Å². The number of benzene rings is 1. The van der Waals surface area contributed by atoms with Gasteiger partial charge < -0.3 is 9.47 Å². The van der Waals surface area contributed by atoms with Crippen LogP contribution >= 0.6 is 0 Å². The molecule has 0 unspecified atom stereocenters. The summed E-state index contributed by atoms with van der Waals surface area (Å²) >= 11 is 0. The fraction of sp³-hybridized carbons (Fsp3) is 0.467. The Labute approximate surface area is 113 Å². The third-order valence-corrected chi connectivity index (χ3v) is 3.32. The molecule has 0 aliphatic heterocycles. The second-order valence-corrected chi connectivity index (χ2v) is 4.92. The van der Waals surface area contributed by atoms with E-state index in [9.17, 15) is 9.59 Å². The molecule has 0 aliphatic rings. The van der Waals surface area contributed by atoms with Crippen LogP contribution in [-0.4, -0.2) is 26.2 Å². The molecule has 1 rings (SSSR count). The van der Waals surface area contributed by atoms with Gasteiger partial charge in [-0.3, -0.25) is 9.59 Å². The van der Waals surface area contributed by atoms with Crippen molar-refractivity contribution in [1.82, 2.24) is 0 Å². The topological polar surface area (TPSA) is 52.6 Å². The van der Waals surface area contributed by atoms with E-state index in [1.54, 1.807) is 6.92 Å². The molecule has 0 spiro atoms. The van der Waals surface area contributed by atoms with E-state index >= 15 is 0 Å². The molecule has 0 bridgehead atoms. The first-order valence-electron chi connectivity index (χ1n) is 6.08. The monoisotopic (exact) mass is 264 g/mol. The standard InChI is InChI=1S/C15H20O4/c1-10-6-7-11(2)12(8-10)9-15(3,13(16)18-4)14(17)19-5/h6-8H,9H2,1-5H3. The average Bonchev–Trinajstić information content (AvgIpc) is 2.40. The zero-order valence-electron chi connectivity index (χ0n) is 12.1. The highest BCUT2D eigenvalue weighted by atomic mass is 16.5. The van der Waals surface area contributed by atoms with Gasteiger partial charge in [0, 0.05) is 0 Å². The van der Waals surface area contributed by atoms with Crippen LogP contribution in [0.2, 0.25) is 0 Å². The third-order valence-electron chi connectivity index (χ3n) is 3.32. The molecule has 0 atom stereocenters. The molecule has 0 radical (unpaired) electrons. The quantitative estimate of drug-likeness (QED) is 0.618. The summed E-state index contributed by atoms with van der Waals surface area (Å²) in [7, 11) is 2.54. The lowest BCUT2D eigenvalue weighted by atomic mass is 9.82. The van der Waals surface area contributed by atoms with Gasteiger partial charge in [0.1, 0.15) is 0 Å². The molecule has 0 saturated carbocycles. The van der Waals surface area contributed by atoms with Crippen LogP contribution in [0.3, 0.4) is 0 Å². The highest BCUT2D eigenvalue weighted by Crippen LogP contribution is 2.28. The zero-order chi connectivity index (χ0) is 14.6. The number of rotatable bonds is 4. The second kappa shape index (κ2) is 5.87. The first kappa shape index (κ1) is 15.2. The van der Waals surface area contributed by atoms with Crippen molar-refractivity contribution in [2.75, 3.05) is 14.2 Å². The van der Waals surface area contributed by atoms with E-state index in [0.29, 0.717) is 0 Å². The Kier molecular flexibility index (Phi) is 4.70. The number of carbonyl (C=O) groups excluding carboxylic acids is 2. The maximum Gasteiger partial charge on any atom is 0.323 e. The van der Waals surface area contributed by atoms with E-state index in [2.05, 4.69) is 0 Å². The van der Waals surface area contributed by atoms with Crippen LogP contribution in [0.15, 0.2) is 18.2 Å². The minimum Gasteiger partial charge on any atom is -0.468 e. The fourth-order valence-electron chi connectivity index (χ4n) is 2.05. The smallest absolute Gasteiger partial charge is 0.323 e. The van der Waals surface area contributed by atoms with Crippen molar-refractivity contribution in [2.45, 2.75) is 27.2 Å². The van der Waals surface area contributed by atoms with Crippen molar-refractivity contribution >= 4 is 11.9 Å². The van der Waals surface area contributed by atoms with E-state index < -0.39 is 17.4 Å². The number of methoxy groups -OCH3 is 2. The van der Waals surface area contributed by atoms with E-state index in [1.807, 2.05) is 32.0 Å². The Hall–Kier alpha value is -1.84. The van der Waals surface area contributed by atoms with Gasteiger partial charge in [0.15, 0.2) is 5.41 Å². The minimum atomic E-state index is -1.32. The lowest BCUT2D eigenvalue weighted by Gasteiger charge is -2.24. The summed E-state index contributed by atoms with van der Waals surface area (Å²) in [4.78, 5) is 23.8. The number of hydrogen-bond acceptors (Lipinski definition) is 4. The molecule has 104 valence electrons. The predicted molar refractivity (Wildman–Crippen MR) is 71.8 cm³/mol. The second-order valence-electron chi connectivity index (χ2n) is 4.92. The van der Waals surface area contributed by atoms with Crippen molar-refractivity contribution in [3.63, 3.8) is 0 Å². The summed E-state index contributed by atoms with van der Waals surface area (Å²) in [6.45, 7) is 5.47. The summed E-state index contributed by atoms with van der Waals surface area (Å²) in [5.74, 6) is -1.17. The highest BCUT2D eigenvalue weighted by molar-refractivity contribution is 5.99. The Bertz CT molecular complexity index is 475. The number of esters is 2. The zero-order valence-corrected chi connectivity index (χ0v) is 12.1. The van der Waals surface area contributed by atoms with Gasteiger partial charge in [0.05, 0.1) is 14.2 Å². The molecule has 0 amide bonds. The van der Waals surface area contributed by atoms with Crippen molar-refractivity contribution in [1.29, 1.82) is 0 Å². The van der Waals surface area contributed by atoms with E-state index in [-0.39, 0.29) is 6.42 Å². The largest absolute Gasteiger partial charge is 0.468 e. The number of hydrogen-bond donors (Lipinski definition) is 0. The summed E-state index contributed by atoms with van der Waals surface area (Å²) in [6.07, 6.45) is 0.264. The predicted octanol–water partition coefficient (Wildman–Crippen LogP) is 2.20. The van der Waals surface area contributed by atoms with E-state index in [1.165, 1.54) is 14.2 Å². The van der Waals surface area contributed by atoms with Gasteiger partial charge in [-0.05, 0) is 38.3 Å². The van der Waals surface area contributed by atoms with Crippen molar-refractivity contribution < 1.29 is 19.1 Å². The van der Waals surface area contributed by atoms with Gasteiger partial charge in [-0.1, -0.05) is 23.8 Å². The van der Waals surface area contributed by atoms with Crippen LogP contribution in [0.1, 0.15) is 23.6 Å². The van der Waals surface area contributed by atoms with Crippen LogP contribution in [0.25, 0.3) is 0 Å². The van der Waals surface area contributed by atoms with Crippen molar-refractivity contribution in [2.24, 2.45) is 5.41 Å². The Morgan fingerprint density at radius 2 is 1.63 bits per heavy atom. The van der Waals surface area contributed by atoms with Crippen LogP contribution < -0.4 is 0 Å². The van der Waals surface area contributed by atoms with Gasteiger partial charge in [-0.2, -0.15) is 0 Å². The SMILES string of the molecule is COC(=O)C(C)(Cc1cc(C)ccc1C)C(=O)OC. The highest BCUT2D eigenvalue weighted by Gasteiger charge is 2.44. The maximum atomic E-state index is 11.9. The van der Waals surface area contributed by atoms with Crippen molar-refractivity contribution in [3.8, 4) is 0 Å². The molecule has 0 aromatic heterocycles. The first-order valence-corrected chi connectivity index (χ1v) is 6.08. The van der Waals surface area contributed by atoms with Crippen LogP contribution in [0.5, 0.6) is 0 Å². The number of aryl methyl sites for hydroxylation is 2. The van der Waals surface area contributed by atoms with Gasteiger partial charge in [-0.15, -0.1) is 0 Å². The molecule has 19 heavy (non-hydrogen) atoms. The molecule has 0 heterocycles. The molecular weight excluding hydrogens is 244 g/mol. The number of carbonyl (C=O) groups is 2. The lowest BCUT2D eigenvalue weighted by Crippen LogP contribution is -2.40. The molecule has 1 aromatic rings. The average molecular weight is 264 g/mol. The van der Waals surface area contributed by atoms with Crippen molar-refractivity contribution in [3.05, 3.63) is 34.9 Å². The van der Waals surface area contributed by atoms with Gasteiger partial charge in [0.2, 0.25) is 0 Å². The maximum absolute atomic E-state index is 11.9. The normalized spacial score (nSPS) is 11.0. The summed E-state index contributed by atoms with van der Waals surface area (Å²) in [5.41, 5.74) is 1.74. The molecule has 0 aliphatic carbocycles. The Morgan fingerprint density at radius 3 is 2.11 bits per heavy atom. The molecule has 0 fully saturated rings. The molecule has 4 nitrogen and oxygen atoms in total. The van der Waals surface area contributed by atoms with Gasteiger partial charge >= 0.3 is 11.9 Å². The molecule has 4 heteroatoms. The molecular formula is C15H20O4. The first-order chi connectivity index (χ1) is 8.85. The van der Waals surface area contributed by atoms with Gasteiger partial charge in [0.25, 0.3) is 0 Å². The molecule has 0 saturated heterocycles. The lowest BCUT2D eigenvalue weighted by molar-refractivity contribution is -0.167. The van der Waals surface area contributed by atoms with Crippen LogP contribution in [0.4, 0.5) is 0 Å². The summed E-state index contributed by atoms with van der Waals surface area (Å²) in [6, 6.07) is 5.94. The van der Waals surface area contributed by atoms with Crippen LogP contribution in [0, 0.1) is 19.3 Å². The van der Waals surface area contributed by atoms with E-state index in [4.69, 9.17) is 9.47 Å². The van der Waals surface area contributed by atoms with Crippen LogP contribution in [-0.2, 0) is 25.5 Å². The fourth-order valence-corrected chi connectivity index (χ4v) is 2.05. The Morgan fingerprint density at radius 1 is 1.11 bits per heavy atom. The Balaban J connectivity index is 3.18. The molecule has 1 aromatic carbocycles. The number of ether oxygens (including phenoxy) is 2. The summed E-state index contributed by atoms with van der Waals surface area (Å²) < 4.78 is 9.48. The summed E-state index contributed by atoms with van der Waals surface area (Å²) in [5, 5.41) is 0. The van der Waals surface area contributed by atoms with E-state index in [0.717, 1.165) is 16.7 Å². The molecule has 0 N–H and O–H groups in total.